The molecule has 3 rings (SSSR count). The topological polar surface area (TPSA) is 45.2 Å². The monoisotopic (exact) mass is 278 g/mol. The fraction of sp³-hybridized carbons (Fsp3) is 0.667. The summed E-state index contributed by atoms with van der Waals surface area (Å²) in [6.07, 6.45) is 10.0. The van der Waals surface area contributed by atoms with Crippen molar-refractivity contribution in [1.82, 2.24) is 10.3 Å². The summed E-state index contributed by atoms with van der Waals surface area (Å²) in [6.45, 7) is 2.45. The number of hydrogen-bond acceptors (Lipinski definition) is 4. The zero-order chi connectivity index (χ0) is 13.2. The van der Waals surface area contributed by atoms with Gasteiger partial charge in [0.2, 0.25) is 0 Å². The van der Waals surface area contributed by atoms with Gasteiger partial charge >= 0.3 is 0 Å². The van der Waals surface area contributed by atoms with E-state index in [-0.39, 0.29) is 6.61 Å². The molecule has 1 aromatic heterocycles. The van der Waals surface area contributed by atoms with Crippen molar-refractivity contribution in [2.24, 2.45) is 5.92 Å². The molecular formula is C15H22N2OS. The first-order valence-electron chi connectivity index (χ1n) is 7.33. The highest BCUT2D eigenvalue weighted by atomic mass is 32.1. The molecule has 0 saturated heterocycles. The predicted octanol–water partition coefficient (Wildman–Crippen LogP) is 2.61. The predicted molar refractivity (Wildman–Crippen MR) is 78.4 cm³/mol. The van der Waals surface area contributed by atoms with Crippen LogP contribution in [0.25, 0.3) is 0 Å². The van der Waals surface area contributed by atoms with Gasteiger partial charge in [0.05, 0.1) is 10.7 Å². The highest BCUT2D eigenvalue weighted by molar-refractivity contribution is 7.11. The molecule has 0 spiro atoms. The molecule has 2 aliphatic rings. The minimum Gasteiger partial charge on any atom is -0.396 e. The summed E-state index contributed by atoms with van der Waals surface area (Å²) < 4.78 is 0. The Labute approximate surface area is 118 Å². The summed E-state index contributed by atoms with van der Waals surface area (Å²) >= 11 is 1.89. The molecule has 104 valence electrons. The molecular weight excluding hydrogens is 256 g/mol. The van der Waals surface area contributed by atoms with Crippen LogP contribution in [-0.4, -0.2) is 22.7 Å². The molecule has 1 unspecified atom stereocenters. The van der Waals surface area contributed by atoms with E-state index in [1.165, 1.54) is 28.4 Å². The summed E-state index contributed by atoms with van der Waals surface area (Å²) in [7, 11) is 0. The van der Waals surface area contributed by atoms with E-state index in [2.05, 4.69) is 24.4 Å². The number of rotatable bonds is 4. The fourth-order valence-electron chi connectivity index (χ4n) is 3.07. The van der Waals surface area contributed by atoms with Crippen molar-refractivity contribution in [2.45, 2.75) is 51.1 Å². The molecule has 2 aliphatic carbocycles. The second-order valence-corrected chi connectivity index (χ2v) is 6.67. The van der Waals surface area contributed by atoms with Crippen molar-refractivity contribution in [3.05, 3.63) is 27.7 Å². The number of aryl methyl sites for hydroxylation is 2. The standard InChI is InChI=1S/C15H22N2OS/c1-2-14-17-13-5-3-4-12(15(13)19-14)16-11-7-6-10(8-11)9-18/h6-7,10-12,16,18H,2-5,8-9H2,1H3/t10-,11+,12?/m0/s1. The number of aliphatic hydroxyl groups is 1. The van der Waals surface area contributed by atoms with E-state index in [9.17, 15) is 5.11 Å². The van der Waals surface area contributed by atoms with E-state index in [4.69, 9.17) is 4.98 Å². The van der Waals surface area contributed by atoms with Crippen molar-refractivity contribution >= 4 is 11.3 Å². The number of aliphatic hydroxyl groups excluding tert-OH is 1. The van der Waals surface area contributed by atoms with Gasteiger partial charge < -0.3 is 10.4 Å². The van der Waals surface area contributed by atoms with Crippen LogP contribution < -0.4 is 5.32 Å². The van der Waals surface area contributed by atoms with Gasteiger partial charge in [-0.2, -0.15) is 0 Å². The smallest absolute Gasteiger partial charge is 0.0928 e. The van der Waals surface area contributed by atoms with Crippen LogP contribution in [-0.2, 0) is 12.8 Å². The Bertz CT molecular complexity index is 469. The largest absolute Gasteiger partial charge is 0.396 e. The minimum atomic E-state index is 0.269. The van der Waals surface area contributed by atoms with E-state index in [0.29, 0.717) is 18.0 Å². The SMILES string of the molecule is CCc1nc2c(s1)C(N[C@@H]1C=C[C@H](CO)C1)CCC2. The maximum atomic E-state index is 9.20. The zero-order valence-electron chi connectivity index (χ0n) is 11.4. The van der Waals surface area contributed by atoms with Crippen molar-refractivity contribution < 1.29 is 5.11 Å². The van der Waals surface area contributed by atoms with Crippen molar-refractivity contribution in [1.29, 1.82) is 0 Å². The number of thiazole rings is 1. The maximum Gasteiger partial charge on any atom is 0.0928 e. The van der Waals surface area contributed by atoms with E-state index in [1.807, 2.05) is 11.3 Å². The summed E-state index contributed by atoms with van der Waals surface area (Å²) in [5.74, 6) is 0.341. The lowest BCUT2D eigenvalue weighted by Crippen LogP contribution is -2.32. The molecule has 0 saturated carbocycles. The van der Waals surface area contributed by atoms with Gasteiger partial charge in [-0.3, -0.25) is 0 Å². The molecule has 3 nitrogen and oxygen atoms in total. The quantitative estimate of drug-likeness (QED) is 0.832. The van der Waals surface area contributed by atoms with E-state index in [0.717, 1.165) is 19.3 Å². The highest BCUT2D eigenvalue weighted by Crippen LogP contribution is 2.35. The molecule has 3 atom stereocenters. The van der Waals surface area contributed by atoms with Gasteiger partial charge in [-0.05, 0) is 32.1 Å². The molecule has 0 amide bonds. The molecule has 1 heterocycles. The van der Waals surface area contributed by atoms with Gasteiger partial charge in [0.15, 0.2) is 0 Å². The summed E-state index contributed by atoms with van der Waals surface area (Å²) in [6, 6.07) is 0.883. The second kappa shape index (κ2) is 5.73. The van der Waals surface area contributed by atoms with E-state index < -0.39 is 0 Å². The van der Waals surface area contributed by atoms with Crippen LogP contribution in [0.2, 0.25) is 0 Å². The lowest BCUT2D eigenvalue weighted by Gasteiger charge is -2.25. The van der Waals surface area contributed by atoms with Crippen LogP contribution in [0.3, 0.4) is 0 Å². The Kier molecular flexibility index (Phi) is 4.01. The molecule has 0 radical (unpaired) electrons. The molecule has 1 aromatic rings. The third kappa shape index (κ3) is 2.76. The van der Waals surface area contributed by atoms with Gasteiger partial charge in [0.1, 0.15) is 0 Å². The number of hydrogen-bond donors (Lipinski definition) is 2. The average Bonchev–Trinajstić information content (AvgIpc) is 3.05. The first-order valence-corrected chi connectivity index (χ1v) is 8.15. The molecule has 0 fully saturated rings. The van der Waals surface area contributed by atoms with E-state index >= 15 is 0 Å². The molecule has 2 N–H and O–H groups in total. The molecule has 19 heavy (non-hydrogen) atoms. The number of nitrogens with one attached hydrogen (secondary N) is 1. The van der Waals surface area contributed by atoms with Crippen LogP contribution >= 0.6 is 11.3 Å². The van der Waals surface area contributed by atoms with Gasteiger partial charge in [-0.1, -0.05) is 19.1 Å². The number of fused-ring (bicyclic) bond motifs is 1. The first-order chi connectivity index (χ1) is 9.30. The van der Waals surface area contributed by atoms with Crippen molar-refractivity contribution in [3.8, 4) is 0 Å². The Morgan fingerprint density at radius 2 is 2.37 bits per heavy atom. The first kappa shape index (κ1) is 13.3. The van der Waals surface area contributed by atoms with Gasteiger partial charge in [-0.25, -0.2) is 4.98 Å². The Morgan fingerprint density at radius 1 is 1.47 bits per heavy atom. The lowest BCUT2D eigenvalue weighted by molar-refractivity contribution is 0.244. The van der Waals surface area contributed by atoms with Crippen molar-refractivity contribution in [2.75, 3.05) is 6.61 Å². The summed E-state index contributed by atoms with van der Waals surface area (Å²) in [5.41, 5.74) is 1.33. The fourth-order valence-corrected chi connectivity index (χ4v) is 4.22. The average molecular weight is 278 g/mol. The Morgan fingerprint density at radius 3 is 3.11 bits per heavy atom. The van der Waals surface area contributed by atoms with Crippen LogP contribution in [0.5, 0.6) is 0 Å². The molecule has 0 aromatic carbocycles. The van der Waals surface area contributed by atoms with Crippen LogP contribution in [0, 0.1) is 5.92 Å². The van der Waals surface area contributed by atoms with Crippen LogP contribution in [0.4, 0.5) is 0 Å². The maximum absolute atomic E-state index is 9.20. The number of nitrogens with zero attached hydrogens (tertiary/aromatic N) is 1. The molecule has 4 heteroatoms. The van der Waals surface area contributed by atoms with Crippen LogP contribution in [0.1, 0.15) is 47.8 Å². The second-order valence-electron chi connectivity index (χ2n) is 5.55. The lowest BCUT2D eigenvalue weighted by atomic mass is 9.97. The van der Waals surface area contributed by atoms with Gasteiger partial charge in [0.25, 0.3) is 0 Å². The number of aromatic nitrogens is 1. The zero-order valence-corrected chi connectivity index (χ0v) is 12.2. The van der Waals surface area contributed by atoms with E-state index in [1.54, 1.807) is 0 Å². The Hall–Kier alpha value is -0.710. The normalized spacial score (nSPS) is 29.7. The minimum absolute atomic E-state index is 0.269. The molecule has 0 aliphatic heterocycles. The van der Waals surface area contributed by atoms with Gasteiger partial charge in [-0.15, -0.1) is 11.3 Å². The summed E-state index contributed by atoms with van der Waals surface area (Å²) in [4.78, 5) is 6.21. The Balaban J connectivity index is 1.70. The third-order valence-corrected chi connectivity index (χ3v) is 5.47. The summed E-state index contributed by atoms with van der Waals surface area (Å²) in [5, 5.41) is 14.2. The van der Waals surface area contributed by atoms with Crippen LogP contribution in [0.15, 0.2) is 12.2 Å². The third-order valence-electron chi connectivity index (χ3n) is 4.12. The highest BCUT2D eigenvalue weighted by Gasteiger charge is 2.27. The van der Waals surface area contributed by atoms with Crippen molar-refractivity contribution in [3.63, 3.8) is 0 Å². The molecule has 0 bridgehead atoms. The van der Waals surface area contributed by atoms with Gasteiger partial charge in [0, 0.05) is 29.5 Å².